The minimum absolute atomic E-state index is 0.00753. The summed E-state index contributed by atoms with van der Waals surface area (Å²) in [7, 11) is -2.98. The molecule has 9 nitrogen and oxygen atoms in total. The minimum atomic E-state index is -4.05. The molecule has 0 aromatic heterocycles. The lowest BCUT2D eigenvalue weighted by molar-refractivity contribution is 0.0904. The van der Waals surface area contributed by atoms with Gasteiger partial charge in [-0.3, -0.25) is 4.90 Å². The summed E-state index contributed by atoms with van der Waals surface area (Å²) >= 11 is 0. The first kappa shape index (κ1) is 30.0. The molecular weight excluding hydrogens is 533 g/mol. The Hall–Kier alpha value is -2.53. The number of benzene rings is 2. The lowest BCUT2D eigenvalue weighted by atomic mass is 10.0. The Morgan fingerprint density at radius 2 is 1.92 bits per heavy atom. The van der Waals surface area contributed by atoms with Crippen molar-refractivity contribution in [2.75, 3.05) is 47.4 Å². The second kappa shape index (κ2) is 12.1. The van der Waals surface area contributed by atoms with E-state index in [4.69, 9.17) is 4.74 Å². The monoisotopic (exact) mass is 567 g/mol. The smallest absolute Gasteiger partial charge is 0.247 e. The Balaban J connectivity index is 2.05. The van der Waals surface area contributed by atoms with E-state index in [-0.39, 0.29) is 28.6 Å². The zero-order valence-corrected chi connectivity index (χ0v) is 23.8. The van der Waals surface area contributed by atoms with Gasteiger partial charge in [-0.25, -0.2) is 21.2 Å². The van der Waals surface area contributed by atoms with Crippen LogP contribution in [-0.2, 0) is 20.0 Å². The van der Waals surface area contributed by atoms with E-state index in [2.05, 4.69) is 11.8 Å². The summed E-state index contributed by atoms with van der Waals surface area (Å²) in [5.74, 6) is 4.89. The van der Waals surface area contributed by atoms with Crippen molar-refractivity contribution < 1.29 is 31.1 Å². The molecule has 38 heavy (non-hydrogen) atoms. The Kier molecular flexibility index (Phi) is 9.57. The maximum Gasteiger partial charge on any atom is 0.247 e. The maximum absolute atomic E-state index is 13.7. The molecule has 1 aliphatic heterocycles. The molecule has 12 heteroatoms. The van der Waals surface area contributed by atoms with E-state index in [0.29, 0.717) is 12.1 Å². The largest absolute Gasteiger partial charge is 0.487 e. The summed E-state index contributed by atoms with van der Waals surface area (Å²) in [6, 6.07) is 8.55. The predicted molar refractivity (Wildman–Crippen MR) is 142 cm³/mol. The third kappa shape index (κ3) is 6.72. The van der Waals surface area contributed by atoms with Crippen molar-refractivity contribution in [3.8, 4) is 17.6 Å². The molecular formula is C26H34FN3O6S2. The lowest BCUT2D eigenvalue weighted by Gasteiger charge is -2.37. The normalized spacial score (nSPS) is 20.6. The highest BCUT2D eigenvalue weighted by atomic mass is 32.2. The number of hydrogen-bond acceptors (Lipinski definition) is 7. The SMILES string of the molecule is C[C@H](CO)N1C[C@H](C)[C@H](CN(C)S(=O)(=O)c2cccc(F)c2)Oc2cc(C#CCN(C)C)ccc2S1(=O)=O. The number of fused-ring (bicyclic) bond motifs is 1. The second-order valence-corrected chi connectivity index (χ2v) is 13.6. The van der Waals surface area contributed by atoms with Gasteiger partial charge in [-0.2, -0.15) is 8.61 Å². The molecule has 0 aliphatic carbocycles. The highest BCUT2D eigenvalue weighted by Crippen LogP contribution is 2.34. The zero-order chi connectivity index (χ0) is 28.3. The molecule has 0 saturated carbocycles. The van der Waals surface area contributed by atoms with Crippen molar-refractivity contribution in [1.29, 1.82) is 0 Å². The lowest BCUT2D eigenvalue weighted by Crippen LogP contribution is -2.50. The highest BCUT2D eigenvalue weighted by molar-refractivity contribution is 7.89. The van der Waals surface area contributed by atoms with E-state index in [1.54, 1.807) is 19.9 Å². The highest BCUT2D eigenvalue weighted by Gasteiger charge is 2.39. The van der Waals surface area contributed by atoms with Crippen LogP contribution >= 0.6 is 0 Å². The average Bonchev–Trinajstić information content (AvgIpc) is 2.85. The summed E-state index contributed by atoms with van der Waals surface area (Å²) in [5.41, 5.74) is 0.537. The first-order valence-corrected chi connectivity index (χ1v) is 14.9. The molecule has 1 N–H and O–H groups in total. The van der Waals surface area contributed by atoms with E-state index < -0.39 is 50.5 Å². The van der Waals surface area contributed by atoms with Gasteiger partial charge in [-0.1, -0.05) is 24.8 Å². The third-order valence-electron chi connectivity index (χ3n) is 6.24. The van der Waals surface area contributed by atoms with E-state index >= 15 is 0 Å². The molecule has 208 valence electrons. The summed E-state index contributed by atoms with van der Waals surface area (Å²) in [5, 5.41) is 9.79. The van der Waals surface area contributed by atoms with Crippen LogP contribution in [0, 0.1) is 23.6 Å². The molecule has 0 fully saturated rings. The van der Waals surface area contributed by atoms with Crippen LogP contribution in [0.4, 0.5) is 4.39 Å². The Labute approximate surface area is 224 Å². The van der Waals surface area contributed by atoms with Gasteiger partial charge in [-0.15, -0.1) is 0 Å². The molecule has 0 bridgehead atoms. The summed E-state index contributed by atoms with van der Waals surface area (Å²) in [6.07, 6.45) is -0.768. The fourth-order valence-electron chi connectivity index (χ4n) is 3.98. The van der Waals surface area contributed by atoms with Crippen LogP contribution < -0.4 is 4.74 Å². The Bertz CT molecular complexity index is 1420. The van der Waals surface area contributed by atoms with Gasteiger partial charge in [0, 0.05) is 31.1 Å². The number of likely N-dealkylation sites (N-methyl/N-ethyl adjacent to an activating group) is 1. The number of ether oxygens (including phenoxy) is 1. The number of aliphatic hydroxyl groups excluding tert-OH is 1. The third-order valence-corrected chi connectivity index (χ3v) is 10.1. The van der Waals surface area contributed by atoms with Crippen LogP contribution in [0.5, 0.6) is 5.75 Å². The number of rotatable bonds is 7. The van der Waals surface area contributed by atoms with Crippen LogP contribution in [0.2, 0.25) is 0 Å². The number of nitrogens with zero attached hydrogens (tertiary/aromatic N) is 3. The van der Waals surface area contributed by atoms with Crippen LogP contribution in [-0.4, -0.2) is 95.0 Å². The van der Waals surface area contributed by atoms with Crippen LogP contribution in [0.15, 0.2) is 52.3 Å². The molecule has 2 aromatic carbocycles. The number of sulfonamides is 2. The van der Waals surface area contributed by atoms with Crippen molar-refractivity contribution in [3.63, 3.8) is 0 Å². The second-order valence-electron chi connectivity index (χ2n) is 9.68. The van der Waals surface area contributed by atoms with E-state index in [9.17, 15) is 26.3 Å². The van der Waals surface area contributed by atoms with E-state index in [1.807, 2.05) is 19.0 Å². The van der Waals surface area contributed by atoms with E-state index in [0.717, 1.165) is 16.4 Å². The van der Waals surface area contributed by atoms with Crippen LogP contribution in [0.25, 0.3) is 0 Å². The molecule has 3 atom stereocenters. The molecule has 0 radical (unpaired) electrons. The van der Waals surface area contributed by atoms with Crippen molar-refractivity contribution in [2.24, 2.45) is 5.92 Å². The van der Waals surface area contributed by atoms with Crippen molar-refractivity contribution in [3.05, 3.63) is 53.8 Å². The van der Waals surface area contributed by atoms with Gasteiger partial charge in [0.25, 0.3) is 0 Å². The predicted octanol–water partition coefficient (Wildman–Crippen LogP) is 1.83. The molecule has 2 aromatic rings. The molecule has 0 unspecified atom stereocenters. The molecule has 1 aliphatic rings. The summed E-state index contributed by atoms with van der Waals surface area (Å²) in [6.45, 7) is 3.33. The van der Waals surface area contributed by atoms with Gasteiger partial charge in [0.2, 0.25) is 20.0 Å². The van der Waals surface area contributed by atoms with Gasteiger partial charge in [0.05, 0.1) is 24.6 Å². The van der Waals surface area contributed by atoms with Crippen molar-refractivity contribution in [2.45, 2.75) is 35.8 Å². The fraction of sp³-hybridized carbons (Fsp3) is 0.462. The molecule has 0 spiro atoms. The first-order chi connectivity index (χ1) is 17.8. The summed E-state index contributed by atoms with van der Waals surface area (Å²) in [4.78, 5) is 1.60. The molecule has 0 saturated heterocycles. The minimum Gasteiger partial charge on any atom is -0.487 e. The van der Waals surface area contributed by atoms with E-state index in [1.165, 1.54) is 35.6 Å². The Morgan fingerprint density at radius 3 is 2.55 bits per heavy atom. The molecule has 1 heterocycles. The van der Waals surface area contributed by atoms with Gasteiger partial charge in [0.1, 0.15) is 22.6 Å². The first-order valence-electron chi connectivity index (χ1n) is 12.1. The molecule has 3 rings (SSSR count). The van der Waals surface area contributed by atoms with Crippen molar-refractivity contribution in [1.82, 2.24) is 13.5 Å². The average molecular weight is 568 g/mol. The number of aliphatic hydroxyl groups is 1. The van der Waals surface area contributed by atoms with Crippen LogP contribution in [0.3, 0.4) is 0 Å². The Morgan fingerprint density at radius 1 is 1.21 bits per heavy atom. The summed E-state index contributed by atoms with van der Waals surface area (Å²) < 4.78 is 75.7. The number of hydrogen-bond donors (Lipinski definition) is 1. The van der Waals surface area contributed by atoms with Crippen LogP contribution in [0.1, 0.15) is 19.4 Å². The van der Waals surface area contributed by atoms with Gasteiger partial charge in [0.15, 0.2) is 0 Å². The zero-order valence-electron chi connectivity index (χ0n) is 22.1. The van der Waals surface area contributed by atoms with Gasteiger partial charge < -0.3 is 9.84 Å². The van der Waals surface area contributed by atoms with Gasteiger partial charge >= 0.3 is 0 Å². The number of halogens is 1. The maximum atomic E-state index is 13.7. The molecule has 0 amide bonds. The van der Waals surface area contributed by atoms with Crippen molar-refractivity contribution >= 4 is 20.0 Å². The fourth-order valence-corrected chi connectivity index (χ4v) is 7.02. The van der Waals surface area contributed by atoms with Gasteiger partial charge in [-0.05, 0) is 57.4 Å². The standard InChI is InChI=1S/C26H34FN3O6S2/c1-19-16-30(20(2)18-31)38(34,35)26-12-11-21(8-7-13-28(3)4)14-24(26)36-25(19)17-29(5)37(32,33)23-10-6-9-22(27)15-23/h6,9-12,14-15,19-20,25,31H,13,16-18H2,1-5H3/t19-,20+,25-/m0/s1. The topological polar surface area (TPSA) is 107 Å². The quantitative estimate of drug-likeness (QED) is 0.509.